The second kappa shape index (κ2) is 9.66. The molecule has 1 saturated carbocycles. The topological polar surface area (TPSA) is 128 Å². The lowest BCUT2D eigenvalue weighted by atomic mass is 9.80. The summed E-state index contributed by atoms with van der Waals surface area (Å²) in [5.41, 5.74) is -0.0789. The quantitative estimate of drug-likeness (QED) is 0.453. The number of nitro benzene ring substituents is 1. The molecule has 0 spiro atoms. The summed E-state index contributed by atoms with van der Waals surface area (Å²) in [7, 11) is -2.57. The molecule has 0 bridgehead atoms. The van der Waals surface area contributed by atoms with Gasteiger partial charge in [0.1, 0.15) is 5.69 Å². The third-order valence-corrected chi connectivity index (χ3v) is 7.30. The van der Waals surface area contributed by atoms with Gasteiger partial charge in [0, 0.05) is 25.3 Å². The summed E-state index contributed by atoms with van der Waals surface area (Å²) < 4.78 is 32.7. The molecule has 9 nitrogen and oxygen atoms in total. The Morgan fingerprint density at radius 2 is 1.84 bits per heavy atom. The monoisotopic (exact) mass is 461 g/mol. The number of sulfonamides is 1. The summed E-state index contributed by atoms with van der Waals surface area (Å²) in [6.45, 7) is 2.62. The molecular formula is C22H27N3O6S. The van der Waals surface area contributed by atoms with Crippen LogP contribution >= 0.6 is 0 Å². The van der Waals surface area contributed by atoms with Crippen molar-refractivity contribution in [1.29, 1.82) is 0 Å². The van der Waals surface area contributed by atoms with Gasteiger partial charge in [0.25, 0.3) is 21.6 Å². The molecule has 0 aromatic heterocycles. The van der Waals surface area contributed by atoms with Crippen LogP contribution in [0.15, 0.2) is 53.4 Å². The van der Waals surface area contributed by atoms with Crippen LogP contribution in [-0.4, -0.2) is 38.5 Å². The van der Waals surface area contributed by atoms with Gasteiger partial charge in [0.15, 0.2) is 0 Å². The maximum atomic E-state index is 12.6. The zero-order chi connectivity index (χ0) is 23.4. The van der Waals surface area contributed by atoms with Crippen molar-refractivity contribution >= 4 is 27.3 Å². The summed E-state index contributed by atoms with van der Waals surface area (Å²) >= 11 is 0. The molecule has 0 saturated heterocycles. The Morgan fingerprint density at radius 1 is 1.19 bits per heavy atom. The molecule has 32 heavy (non-hydrogen) atoms. The van der Waals surface area contributed by atoms with E-state index in [4.69, 9.17) is 4.74 Å². The smallest absolute Gasteiger partial charge is 0.293 e. The highest BCUT2D eigenvalue weighted by atomic mass is 32.2. The van der Waals surface area contributed by atoms with Crippen molar-refractivity contribution in [3.8, 4) is 0 Å². The van der Waals surface area contributed by atoms with Crippen molar-refractivity contribution in [2.24, 2.45) is 5.92 Å². The first-order valence-corrected chi connectivity index (χ1v) is 11.8. The molecular weight excluding hydrogens is 434 g/mol. The third kappa shape index (κ3) is 5.63. The first-order chi connectivity index (χ1) is 15.1. The number of rotatable bonds is 8. The molecule has 1 amide bonds. The van der Waals surface area contributed by atoms with Crippen LogP contribution in [-0.2, 0) is 14.8 Å². The number of ether oxygens (including phenoxy) is 1. The van der Waals surface area contributed by atoms with Crippen molar-refractivity contribution in [1.82, 2.24) is 4.72 Å². The van der Waals surface area contributed by atoms with E-state index < -0.39 is 20.9 Å². The highest BCUT2D eigenvalue weighted by Gasteiger charge is 2.31. The first-order valence-electron chi connectivity index (χ1n) is 10.3. The van der Waals surface area contributed by atoms with E-state index in [0.29, 0.717) is 12.5 Å². The molecule has 0 aliphatic heterocycles. The standard InChI is InChI=1S/C22H27N3O6S/c1-22(31-2)12-10-16(11-13-22)15-23-19-9-8-18(14-20(19)25(27)28)32(29,30)24-21(26)17-6-4-3-5-7-17/h3-9,14,16,23H,10-13,15H2,1-2H3,(H,24,26). The molecule has 1 fully saturated rings. The minimum absolute atomic E-state index is 0.122. The number of nitrogens with one attached hydrogen (secondary N) is 2. The van der Waals surface area contributed by atoms with Gasteiger partial charge in [-0.1, -0.05) is 18.2 Å². The van der Waals surface area contributed by atoms with E-state index in [1.54, 1.807) is 25.3 Å². The molecule has 172 valence electrons. The number of anilines is 1. The molecule has 2 aromatic carbocycles. The van der Waals surface area contributed by atoms with Crippen LogP contribution in [0.25, 0.3) is 0 Å². The van der Waals surface area contributed by atoms with E-state index in [-0.39, 0.29) is 27.4 Å². The zero-order valence-electron chi connectivity index (χ0n) is 18.0. The largest absolute Gasteiger partial charge is 0.379 e. The predicted octanol–water partition coefficient (Wildman–Crippen LogP) is 3.72. The number of carbonyl (C=O) groups is 1. The van der Waals surface area contributed by atoms with Crippen LogP contribution in [0.1, 0.15) is 43.0 Å². The Morgan fingerprint density at radius 3 is 2.44 bits per heavy atom. The Labute approximate surface area is 187 Å². The first kappa shape index (κ1) is 23.7. The fraction of sp³-hybridized carbons (Fsp3) is 0.409. The molecule has 0 radical (unpaired) electrons. The van der Waals surface area contributed by atoms with Crippen molar-refractivity contribution in [2.75, 3.05) is 19.0 Å². The van der Waals surface area contributed by atoms with Crippen LogP contribution in [0.3, 0.4) is 0 Å². The number of hydrogen-bond acceptors (Lipinski definition) is 7. The molecule has 0 atom stereocenters. The van der Waals surface area contributed by atoms with Crippen LogP contribution in [0.2, 0.25) is 0 Å². The molecule has 2 N–H and O–H groups in total. The van der Waals surface area contributed by atoms with Crippen LogP contribution in [0.4, 0.5) is 11.4 Å². The van der Waals surface area contributed by atoms with E-state index in [0.717, 1.165) is 31.7 Å². The van der Waals surface area contributed by atoms with Crippen molar-refractivity contribution in [3.63, 3.8) is 0 Å². The lowest BCUT2D eigenvalue weighted by molar-refractivity contribution is -0.384. The van der Waals surface area contributed by atoms with E-state index in [2.05, 4.69) is 12.2 Å². The maximum absolute atomic E-state index is 12.6. The Kier molecular flexibility index (Phi) is 7.15. The van der Waals surface area contributed by atoms with Crippen molar-refractivity contribution in [2.45, 2.75) is 43.1 Å². The lowest BCUT2D eigenvalue weighted by Gasteiger charge is -2.36. The van der Waals surface area contributed by atoms with Gasteiger partial charge >= 0.3 is 0 Å². The van der Waals surface area contributed by atoms with Gasteiger partial charge < -0.3 is 10.1 Å². The summed E-state index contributed by atoms with van der Waals surface area (Å²) in [5, 5.41) is 14.7. The average molecular weight is 462 g/mol. The number of nitrogens with zero attached hydrogens (tertiary/aromatic N) is 1. The van der Waals surface area contributed by atoms with Crippen molar-refractivity contribution in [3.05, 3.63) is 64.2 Å². The molecule has 1 aliphatic carbocycles. The summed E-state index contributed by atoms with van der Waals surface area (Å²) in [4.78, 5) is 22.8. The second-order valence-corrected chi connectivity index (χ2v) is 9.90. The number of carbonyl (C=O) groups excluding carboxylic acids is 1. The Bertz CT molecular complexity index is 1080. The minimum atomic E-state index is -4.28. The molecule has 0 unspecified atom stereocenters. The number of amides is 1. The highest BCUT2D eigenvalue weighted by molar-refractivity contribution is 7.90. The van der Waals surface area contributed by atoms with E-state index in [1.165, 1.54) is 24.3 Å². The second-order valence-electron chi connectivity index (χ2n) is 8.22. The van der Waals surface area contributed by atoms with Gasteiger partial charge in [-0.15, -0.1) is 0 Å². The fourth-order valence-electron chi connectivity index (χ4n) is 3.76. The van der Waals surface area contributed by atoms with Gasteiger partial charge in [-0.25, -0.2) is 13.1 Å². The molecule has 10 heteroatoms. The normalized spacial score (nSPS) is 21.0. The van der Waals surface area contributed by atoms with Crippen LogP contribution in [0.5, 0.6) is 0 Å². The predicted molar refractivity (Wildman–Crippen MR) is 120 cm³/mol. The highest BCUT2D eigenvalue weighted by Crippen LogP contribution is 2.35. The minimum Gasteiger partial charge on any atom is -0.379 e. The average Bonchev–Trinajstić information content (AvgIpc) is 2.79. The van der Waals surface area contributed by atoms with Gasteiger partial charge in [0.2, 0.25) is 0 Å². The van der Waals surface area contributed by atoms with Gasteiger partial charge in [0.05, 0.1) is 15.4 Å². The summed E-state index contributed by atoms with van der Waals surface area (Å²) in [6.07, 6.45) is 3.69. The zero-order valence-corrected chi connectivity index (χ0v) is 18.9. The maximum Gasteiger partial charge on any atom is 0.293 e. The lowest BCUT2D eigenvalue weighted by Crippen LogP contribution is -2.34. The SMILES string of the molecule is COC1(C)CCC(CNc2ccc(S(=O)(=O)NC(=O)c3ccccc3)cc2[N+](=O)[O-])CC1. The number of methoxy groups -OCH3 is 1. The molecule has 3 rings (SSSR count). The van der Waals surface area contributed by atoms with Gasteiger partial charge in [-0.05, 0) is 62.8 Å². The molecule has 1 aliphatic rings. The molecule has 2 aromatic rings. The number of nitro groups is 1. The van der Waals surface area contributed by atoms with Crippen molar-refractivity contribution < 1.29 is 22.9 Å². The summed E-state index contributed by atoms with van der Waals surface area (Å²) in [6, 6.07) is 11.4. The summed E-state index contributed by atoms with van der Waals surface area (Å²) in [5.74, 6) is -0.470. The van der Waals surface area contributed by atoms with E-state index in [9.17, 15) is 23.3 Å². The fourth-order valence-corrected chi connectivity index (χ4v) is 4.75. The van der Waals surface area contributed by atoms with E-state index >= 15 is 0 Å². The molecule has 0 heterocycles. The van der Waals surface area contributed by atoms with E-state index in [1.807, 2.05) is 4.72 Å². The van der Waals surface area contributed by atoms with Gasteiger partial charge in [-0.2, -0.15) is 0 Å². The Balaban J connectivity index is 1.71. The third-order valence-electron chi connectivity index (χ3n) is 5.98. The van der Waals surface area contributed by atoms with Crippen LogP contribution < -0.4 is 10.0 Å². The van der Waals surface area contributed by atoms with Gasteiger partial charge in [-0.3, -0.25) is 14.9 Å². The Hall–Kier alpha value is -2.98. The number of hydrogen-bond donors (Lipinski definition) is 2. The van der Waals surface area contributed by atoms with Crippen LogP contribution in [0, 0.1) is 16.0 Å². The number of benzene rings is 2.